The van der Waals surface area contributed by atoms with Crippen LogP contribution in [0.4, 0.5) is 11.4 Å². The molecule has 0 spiro atoms. The van der Waals surface area contributed by atoms with Gasteiger partial charge in [-0.3, -0.25) is 14.5 Å². The van der Waals surface area contributed by atoms with Gasteiger partial charge in [0, 0.05) is 25.7 Å². The second-order valence-corrected chi connectivity index (χ2v) is 10.9. The van der Waals surface area contributed by atoms with Crippen molar-refractivity contribution < 1.29 is 18.0 Å². The van der Waals surface area contributed by atoms with Crippen molar-refractivity contribution in [2.75, 3.05) is 36.0 Å². The first kappa shape index (κ1) is 23.0. The van der Waals surface area contributed by atoms with E-state index < -0.39 is 10.0 Å². The summed E-state index contributed by atoms with van der Waals surface area (Å²) >= 11 is 0. The van der Waals surface area contributed by atoms with Gasteiger partial charge in [-0.25, -0.2) is 8.42 Å². The molecule has 2 amide bonds. The lowest BCUT2D eigenvalue weighted by atomic mass is 9.96. The molecule has 1 saturated carbocycles. The molecule has 1 atom stereocenters. The van der Waals surface area contributed by atoms with Crippen LogP contribution in [0, 0.1) is 0 Å². The second kappa shape index (κ2) is 9.39. The van der Waals surface area contributed by atoms with E-state index in [1.54, 1.807) is 32.0 Å². The highest BCUT2D eigenvalue weighted by molar-refractivity contribution is 7.89. The molecule has 8 nitrogen and oxygen atoms in total. The molecule has 1 aromatic carbocycles. The number of benzene rings is 1. The van der Waals surface area contributed by atoms with Crippen molar-refractivity contribution in [3.05, 3.63) is 18.2 Å². The first-order valence-corrected chi connectivity index (χ1v) is 13.3. The first-order valence-electron chi connectivity index (χ1n) is 11.9. The Morgan fingerprint density at radius 2 is 1.75 bits per heavy atom. The van der Waals surface area contributed by atoms with Gasteiger partial charge < -0.3 is 10.2 Å². The number of carbonyl (C=O) groups excluding carboxylic acids is 2. The predicted octanol–water partition coefficient (Wildman–Crippen LogP) is 2.48. The Morgan fingerprint density at radius 1 is 1.06 bits per heavy atom. The zero-order chi connectivity index (χ0) is 22.9. The van der Waals surface area contributed by atoms with E-state index in [0.717, 1.165) is 57.2 Å². The summed E-state index contributed by atoms with van der Waals surface area (Å²) in [4.78, 5) is 30.0. The minimum atomic E-state index is -3.68. The molecular formula is C23H34N4O4S. The summed E-state index contributed by atoms with van der Waals surface area (Å²) in [6.07, 6.45) is 6.88. The molecule has 2 aliphatic heterocycles. The van der Waals surface area contributed by atoms with E-state index in [4.69, 9.17) is 0 Å². The third-order valence-corrected chi connectivity index (χ3v) is 9.01. The summed E-state index contributed by atoms with van der Waals surface area (Å²) in [6.45, 7) is 5.03. The van der Waals surface area contributed by atoms with E-state index in [2.05, 4.69) is 10.2 Å². The minimum absolute atomic E-state index is 0.0819. The van der Waals surface area contributed by atoms with Gasteiger partial charge in [-0.2, -0.15) is 4.31 Å². The van der Waals surface area contributed by atoms with E-state index in [9.17, 15) is 18.0 Å². The monoisotopic (exact) mass is 462 g/mol. The zero-order valence-corrected chi connectivity index (χ0v) is 19.9. The van der Waals surface area contributed by atoms with Crippen molar-refractivity contribution in [1.82, 2.24) is 9.62 Å². The molecule has 9 heteroatoms. The third-order valence-electron chi connectivity index (χ3n) is 6.97. The second-order valence-electron chi connectivity index (χ2n) is 8.92. The van der Waals surface area contributed by atoms with E-state index in [0.29, 0.717) is 18.8 Å². The highest BCUT2D eigenvalue weighted by Gasteiger charge is 2.41. The van der Waals surface area contributed by atoms with Gasteiger partial charge in [0.2, 0.25) is 21.8 Å². The molecule has 2 fully saturated rings. The normalized spacial score (nSPS) is 21.6. The fourth-order valence-corrected chi connectivity index (χ4v) is 6.74. The molecule has 3 aliphatic rings. The maximum atomic E-state index is 13.4. The van der Waals surface area contributed by atoms with Gasteiger partial charge in [0.05, 0.1) is 16.3 Å². The molecule has 176 valence electrons. The molecule has 2 heterocycles. The highest BCUT2D eigenvalue weighted by Crippen LogP contribution is 2.41. The summed E-state index contributed by atoms with van der Waals surface area (Å²) in [6, 6.07) is 4.89. The van der Waals surface area contributed by atoms with Crippen molar-refractivity contribution in [1.29, 1.82) is 0 Å². The van der Waals surface area contributed by atoms with E-state index in [1.165, 1.54) is 9.21 Å². The molecule has 0 radical (unpaired) electrons. The maximum Gasteiger partial charge on any atom is 0.250 e. The van der Waals surface area contributed by atoms with Crippen LogP contribution >= 0.6 is 0 Å². The van der Waals surface area contributed by atoms with Crippen molar-refractivity contribution >= 4 is 33.2 Å². The highest BCUT2D eigenvalue weighted by atomic mass is 32.2. The molecule has 1 unspecified atom stereocenters. The van der Waals surface area contributed by atoms with Gasteiger partial charge in [0.25, 0.3) is 0 Å². The lowest BCUT2D eigenvalue weighted by molar-refractivity contribution is -0.125. The fourth-order valence-electron chi connectivity index (χ4n) is 5.26. The van der Waals surface area contributed by atoms with Crippen LogP contribution in [-0.4, -0.2) is 62.8 Å². The lowest BCUT2D eigenvalue weighted by Gasteiger charge is -2.45. The van der Waals surface area contributed by atoms with Crippen LogP contribution in [0.5, 0.6) is 0 Å². The van der Waals surface area contributed by atoms with Crippen LogP contribution in [0.2, 0.25) is 0 Å². The molecule has 1 aliphatic carbocycles. The largest absolute Gasteiger partial charge is 0.358 e. The van der Waals surface area contributed by atoms with E-state index in [1.807, 2.05) is 0 Å². The topological polar surface area (TPSA) is 90.0 Å². The fraction of sp³-hybridized carbons (Fsp3) is 0.652. The Balaban J connectivity index is 1.70. The quantitative estimate of drug-likeness (QED) is 0.672. The standard InChI is InChI=1S/C23H34N4O4S/c1-3-25(4-2)32(30,31)18-12-13-19-21(15-18)27(16-22(28)24-17-9-5-6-10-17)23(29)20-11-7-8-14-26(19)20/h12-13,15,17,20H,3-11,14,16H2,1-2H3,(H,24,28). The third kappa shape index (κ3) is 4.24. The van der Waals surface area contributed by atoms with Gasteiger partial charge in [0.15, 0.2) is 0 Å². The number of hydrogen-bond donors (Lipinski definition) is 1. The van der Waals surface area contributed by atoms with Crippen molar-refractivity contribution in [3.63, 3.8) is 0 Å². The predicted molar refractivity (Wildman–Crippen MR) is 124 cm³/mol. The number of amides is 2. The van der Waals surface area contributed by atoms with Gasteiger partial charge >= 0.3 is 0 Å². The molecule has 1 saturated heterocycles. The zero-order valence-electron chi connectivity index (χ0n) is 19.0. The molecule has 1 N–H and O–H groups in total. The number of nitrogens with zero attached hydrogens (tertiary/aromatic N) is 3. The van der Waals surface area contributed by atoms with E-state index >= 15 is 0 Å². The van der Waals surface area contributed by atoms with Crippen LogP contribution in [0.3, 0.4) is 0 Å². The van der Waals surface area contributed by atoms with E-state index in [-0.39, 0.29) is 35.3 Å². The number of piperidine rings is 1. The molecule has 0 bridgehead atoms. The molecular weight excluding hydrogens is 428 g/mol. The molecule has 0 aromatic heterocycles. The number of carbonyl (C=O) groups is 2. The smallest absolute Gasteiger partial charge is 0.250 e. The van der Waals surface area contributed by atoms with Crippen LogP contribution in [-0.2, 0) is 19.6 Å². The molecule has 4 rings (SSSR count). The Hall–Kier alpha value is -2.13. The van der Waals surface area contributed by atoms with Gasteiger partial charge in [-0.15, -0.1) is 0 Å². The minimum Gasteiger partial charge on any atom is -0.358 e. The summed E-state index contributed by atoms with van der Waals surface area (Å²) in [5, 5.41) is 3.06. The van der Waals surface area contributed by atoms with Crippen molar-refractivity contribution in [3.8, 4) is 0 Å². The Kier molecular flexibility index (Phi) is 6.76. The Bertz CT molecular complexity index is 970. The van der Waals surface area contributed by atoms with Crippen LogP contribution in [0.25, 0.3) is 0 Å². The summed E-state index contributed by atoms with van der Waals surface area (Å²) < 4.78 is 27.7. The first-order chi connectivity index (χ1) is 15.4. The SMILES string of the molecule is CCN(CC)S(=O)(=O)c1ccc2c(c1)N(CC(=O)NC1CCCC1)C(=O)C1CCCCN21. The summed E-state index contributed by atoms with van der Waals surface area (Å²) in [7, 11) is -3.68. The maximum absolute atomic E-state index is 13.4. The van der Waals surface area contributed by atoms with Crippen LogP contribution in [0.15, 0.2) is 23.1 Å². The van der Waals surface area contributed by atoms with Gasteiger partial charge in [-0.05, 0) is 50.3 Å². The lowest BCUT2D eigenvalue weighted by Crippen LogP contribution is -2.57. The summed E-state index contributed by atoms with van der Waals surface area (Å²) in [5.74, 6) is -0.298. The number of sulfonamides is 1. The molecule has 32 heavy (non-hydrogen) atoms. The molecule has 1 aromatic rings. The Morgan fingerprint density at radius 3 is 2.44 bits per heavy atom. The average Bonchev–Trinajstić information content (AvgIpc) is 3.30. The van der Waals surface area contributed by atoms with Crippen LogP contribution < -0.4 is 15.1 Å². The number of nitrogens with one attached hydrogen (secondary N) is 1. The van der Waals surface area contributed by atoms with Gasteiger partial charge in [0.1, 0.15) is 12.6 Å². The average molecular weight is 463 g/mol. The summed E-state index contributed by atoms with van der Waals surface area (Å²) in [5.41, 5.74) is 1.35. The van der Waals surface area contributed by atoms with Crippen molar-refractivity contribution in [2.45, 2.75) is 75.8 Å². The number of fused-ring (bicyclic) bond motifs is 3. The Labute approximate surface area is 191 Å². The number of hydrogen-bond acceptors (Lipinski definition) is 5. The van der Waals surface area contributed by atoms with Gasteiger partial charge in [-0.1, -0.05) is 26.7 Å². The number of anilines is 2. The van der Waals surface area contributed by atoms with Crippen molar-refractivity contribution in [2.24, 2.45) is 0 Å². The number of rotatable bonds is 7. The van der Waals surface area contributed by atoms with Crippen LogP contribution in [0.1, 0.15) is 58.8 Å².